The summed E-state index contributed by atoms with van der Waals surface area (Å²) in [4.78, 5) is 38.8. The molecule has 0 unspecified atom stereocenters. The predicted molar refractivity (Wildman–Crippen MR) is 120 cm³/mol. The van der Waals surface area contributed by atoms with E-state index in [1.54, 1.807) is 37.5 Å². The minimum atomic E-state index is -0.621. The standard InChI is InChI=1S/C23H19N3O4S/c1-30-18-9-5-6-15(10-18)16-11-19(31-14-16)12-20-22(28)26(23(29)25-20)13-21(27)24-17-7-3-2-4-8-17/h2-12,14H,13H2,1H3,(H,24,27)(H,25,29)/b20-12-. The fourth-order valence-corrected chi connectivity index (χ4v) is 3.95. The van der Waals surface area contributed by atoms with Crippen molar-refractivity contribution in [3.05, 3.63) is 76.6 Å². The van der Waals surface area contributed by atoms with Crippen LogP contribution in [0.5, 0.6) is 5.75 Å². The average Bonchev–Trinajstić information content (AvgIpc) is 3.35. The van der Waals surface area contributed by atoms with Crippen molar-refractivity contribution >= 4 is 40.9 Å². The number of para-hydroxylation sites is 1. The third-order valence-electron chi connectivity index (χ3n) is 4.63. The molecule has 0 aliphatic carbocycles. The van der Waals surface area contributed by atoms with Crippen LogP contribution in [-0.2, 0) is 9.59 Å². The van der Waals surface area contributed by atoms with Gasteiger partial charge in [0.1, 0.15) is 18.0 Å². The molecule has 2 heterocycles. The highest BCUT2D eigenvalue weighted by Gasteiger charge is 2.35. The second kappa shape index (κ2) is 8.85. The molecular formula is C23H19N3O4S. The Kier molecular flexibility index (Phi) is 5.81. The third kappa shape index (κ3) is 4.65. The molecule has 31 heavy (non-hydrogen) atoms. The average molecular weight is 433 g/mol. The number of carbonyl (C=O) groups excluding carboxylic acids is 3. The normalized spacial score (nSPS) is 14.6. The summed E-state index contributed by atoms with van der Waals surface area (Å²) in [6, 6.07) is 17.8. The summed E-state index contributed by atoms with van der Waals surface area (Å²) in [6.45, 7) is -0.365. The minimum absolute atomic E-state index is 0.136. The van der Waals surface area contributed by atoms with Gasteiger partial charge in [-0.15, -0.1) is 11.3 Å². The first-order valence-corrected chi connectivity index (χ1v) is 10.3. The first-order valence-electron chi connectivity index (χ1n) is 9.46. The molecule has 0 bridgehead atoms. The number of ether oxygens (including phenoxy) is 1. The quantitative estimate of drug-likeness (QED) is 0.455. The molecule has 1 saturated heterocycles. The highest BCUT2D eigenvalue weighted by atomic mass is 32.1. The van der Waals surface area contributed by atoms with Crippen LogP contribution in [0.2, 0.25) is 0 Å². The van der Waals surface area contributed by atoms with Crippen LogP contribution >= 0.6 is 11.3 Å². The summed E-state index contributed by atoms with van der Waals surface area (Å²) < 4.78 is 5.26. The molecule has 4 amide bonds. The van der Waals surface area contributed by atoms with E-state index in [0.717, 1.165) is 26.7 Å². The van der Waals surface area contributed by atoms with Crippen molar-refractivity contribution in [3.8, 4) is 16.9 Å². The van der Waals surface area contributed by atoms with Gasteiger partial charge in [0, 0.05) is 10.6 Å². The van der Waals surface area contributed by atoms with Gasteiger partial charge in [0.15, 0.2) is 0 Å². The highest BCUT2D eigenvalue weighted by molar-refractivity contribution is 7.11. The van der Waals surface area contributed by atoms with Gasteiger partial charge in [-0.25, -0.2) is 9.69 Å². The number of anilines is 1. The van der Waals surface area contributed by atoms with Crippen LogP contribution in [0.3, 0.4) is 0 Å². The van der Waals surface area contributed by atoms with E-state index in [0.29, 0.717) is 5.69 Å². The zero-order valence-electron chi connectivity index (χ0n) is 16.6. The van der Waals surface area contributed by atoms with E-state index < -0.39 is 17.8 Å². The summed E-state index contributed by atoms with van der Waals surface area (Å²) in [5, 5.41) is 7.17. The fourth-order valence-electron chi connectivity index (χ4n) is 3.11. The number of nitrogens with one attached hydrogen (secondary N) is 2. The van der Waals surface area contributed by atoms with Gasteiger partial charge >= 0.3 is 6.03 Å². The molecule has 0 radical (unpaired) electrons. The highest BCUT2D eigenvalue weighted by Crippen LogP contribution is 2.29. The van der Waals surface area contributed by atoms with E-state index in [9.17, 15) is 14.4 Å². The van der Waals surface area contributed by atoms with E-state index >= 15 is 0 Å². The Hall–Kier alpha value is -3.91. The maximum absolute atomic E-state index is 12.7. The molecule has 7 nitrogen and oxygen atoms in total. The molecule has 1 aliphatic heterocycles. The molecule has 0 atom stereocenters. The monoisotopic (exact) mass is 433 g/mol. The van der Waals surface area contributed by atoms with Gasteiger partial charge in [-0.05, 0) is 52.9 Å². The molecule has 3 aromatic rings. The molecule has 1 aromatic heterocycles. The molecule has 1 fully saturated rings. The van der Waals surface area contributed by atoms with Crippen LogP contribution in [0.1, 0.15) is 4.88 Å². The number of amides is 4. The minimum Gasteiger partial charge on any atom is -0.497 e. The molecule has 4 rings (SSSR count). The first-order chi connectivity index (χ1) is 15.0. The van der Waals surface area contributed by atoms with E-state index in [-0.39, 0.29) is 12.2 Å². The van der Waals surface area contributed by atoms with Crippen LogP contribution in [0.4, 0.5) is 10.5 Å². The SMILES string of the molecule is COc1cccc(-c2csc(/C=C3\NC(=O)N(CC(=O)Nc4ccccc4)C3=O)c2)c1. The van der Waals surface area contributed by atoms with Crippen molar-refractivity contribution in [1.29, 1.82) is 0 Å². The zero-order valence-corrected chi connectivity index (χ0v) is 17.4. The predicted octanol–water partition coefficient (Wildman–Crippen LogP) is 3.96. The molecule has 0 spiro atoms. The van der Waals surface area contributed by atoms with Crippen molar-refractivity contribution in [2.75, 3.05) is 19.0 Å². The van der Waals surface area contributed by atoms with Gasteiger partial charge < -0.3 is 15.4 Å². The Morgan fingerprint density at radius 3 is 2.68 bits per heavy atom. The fraction of sp³-hybridized carbons (Fsp3) is 0.0870. The number of urea groups is 1. The van der Waals surface area contributed by atoms with Gasteiger partial charge in [-0.1, -0.05) is 30.3 Å². The number of hydrogen-bond acceptors (Lipinski definition) is 5. The van der Waals surface area contributed by atoms with E-state index in [4.69, 9.17) is 4.74 Å². The van der Waals surface area contributed by atoms with Crippen molar-refractivity contribution in [2.24, 2.45) is 0 Å². The number of rotatable bonds is 6. The number of benzene rings is 2. The third-order valence-corrected chi connectivity index (χ3v) is 5.51. The zero-order chi connectivity index (χ0) is 21.8. The lowest BCUT2D eigenvalue weighted by Gasteiger charge is -2.11. The number of hydrogen-bond donors (Lipinski definition) is 2. The van der Waals surface area contributed by atoms with E-state index in [2.05, 4.69) is 10.6 Å². The Balaban J connectivity index is 1.46. The lowest BCUT2D eigenvalue weighted by molar-refractivity contribution is -0.127. The van der Waals surface area contributed by atoms with E-state index in [1.165, 1.54) is 11.3 Å². The molecular weight excluding hydrogens is 414 g/mol. The lowest BCUT2D eigenvalue weighted by Crippen LogP contribution is -2.38. The van der Waals surface area contributed by atoms with Crippen molar-refractivity contribution in [1.82, 2.24) is 10.2 Å². The smallest absolute Gasteiger partial charge is 0.329 e. The van der Waals surface area contributed by atoms with Gasteiger partial charge in [0.05, 0.1) is 7.11 Å². The Bertz CT molecular complexity index is 1170. The number of thiophene rings is 1. The second-order valence-electron chi connectivity index (χ2n) is 6.76. The number of methoxy groups -OCH3 is 1. The largest absolute Gasteiger partial charge is 0.497 e. The number of nitrogens with zero attached hydrogens (tertiary/aromatic N) is 1. The van der Waals surface area contributed by atoms with Gasteiger partial charge in [0.2, 0.25) is 5.91 Å². The maximum Gasteiger partial charge on any atom is 0.329 e. The van der Waals surface area contributed by atoms with Crippen LogP contribution < -0.4 is 15.4 Å². The van der Waals surface area contributed by atoms with Crippen molar-refractivity contribution < 1.29 is 19.1 Å². The number of carbonyl (C=O) groups is 3. The van der Waals surface area contributed by atoms with Gasteiger partial charge in [-0.2, -0.15) is 0 Å². The van der Waals surface area contributed by atoms with Crippen LogP contribution in [0, 0.1) is 0 Å². The molecule has 0 saturated carbocycles. The molecule has 156 valence electrons. The lowest BCUT2D eigenvalue weighted by atomic mass is 10.1. The summed E-state index contributed by atoms with van der Waals surface area (Å²) in [7, 11) is 1.61. The van der Waals surface area contributed by atoms with E-state index in [1.807, 2.05) is 41.8 Å². The Morgan fingerprint density at radius 2 is 1.90 bits per heavy atom. The van der Waals surface area contributed by atoms with Gasteiger partial charge in [-0.3, -0.25) is 9.59 Å². The number of imide groups is 1. The van der Waals surface area contributed by atoms with Gasteiger partial charge in [0.25, 0.3) is 5.91 Å². The van der Waals surface area contributed by atoms with Crippen LogP contribution in [0.15, 0.2) is 71.7 Å². The van der Waals surface area contributed by atoms with Crippen LogP contribution in [-0.4, -0.2) is 36.4 Å². The summed E-state index contributed by atoms with van der Waals surface area (Å²) in [5.41, 5.74) is 2.70. The molecule has 2 aromatic carbocycles. The van der Waals surface area contributed by atoms with Crippen LogP contribution in [0.25, 0.3) is 17.2 Å². The topological polar surface area (TPSA) is 87.7 Å². The van der Waals surface area contributed by atoms with Crippen molar-refractivity contribution in [2.45, 2.75) is 0 Å². The molecule has 1 aliphatic rings. The molecule has 8 heteroatoms. The second-order valence-corrected chi connectivity index (χ2v) is 7.71. The summed E-state index contributed by atoms with van der Waals surface area (Å²) in [6.07, 6.45) is 1.61. The summed E-state index contributed by atoms with van der Waals surface area (Å²) in [5.74, 6) is -0.233. The maximum atomic E-state index is 12.7. The van der Waals surface area contributed by atoms with Crippen molar-refractivity contribution in [3.63, 3.8) is 0 Å². The first kappa shape index (κ1) is 20.4. The molecule has 2 N–H and O–H groups in total. The Labute approximate surface area is 183 Å². The summed E-state index contributed by atoms with van der Waals surface area (Å²) >= 11 is 1.45. The Morgan fingerprint density at radius 1 is 1.10 bits per heavy atom.